The maximum Gasteiger partial charge on any atom is 0.266 e. The van der Waals surface area contributed by atoms with Crippen LogP contribution in [-0.4, -0.2) is 41.6 Å². The summed E-state index contributed by atoms with van der Waals surface area (Å²) < 4.78 is 11.8. The molecule has 1 aliphatic rings. The van der Waals surface area contributed by atoms with Crippen molar-refractivity contribution in [2.45, 2.75) is 27.7 Å². The van der Waals surface area contributed by atoms with Gasteiger partial charge in [0.1, 0.15) is 0 Å². The molecule has 1 fully saturated rings. The molecule has 1 heterocycles. The molecule has 1 saturated heterocycles. The molecule has 1 aliphatic heterocycles. The number of amidine groups is 1. The molecule has 9 heteroatoms. The van der Waals surface area contributed by atoms with Crippen molar-refractivity contribution in [1.82, 2.24) is 4.90 Å². The molecule has 0 radical (unpaired) electrons. The number of carbonyl (C=O) groups excluding carboxylic acids is 2. The monoisotopic (exact) mass is 545 g/mol. The summed E-state index contributed by atoms with van der Waals surface area (Å²) in [5.41, 5.74) is 7.90. The largest absolute Gasteiger partial charge is 0.490 e. The van der Waals surface area contributed by atoms with Gasteiger partial charge in [0.25, 0.3) is 11.8 Å². The van der Waals surface area contributed by atoms with Gasteiger partial charge in [-0.25, -0.2) is 4.99 Å². The molecule has 34 heavy (non-hydrogen) atoms. The summed E-state index contributed by atoms with van der Waals surface area (Å²) in [6.45, 7) is 8.72. The molecule has 3 rings (SSSR count). The molecular weight excluding hydrogens is 518 g/mol. The Morgan fingerprint density at radius 1 is 1.24 bits per heavy atom. The summed E-state index contributed by atoms with van der Waals surface area (Å²) >= 11 is 4.82. The van der Waals surface area contributed by atoms with E-state index in [0.29, 0.717) is 39.2 Å². The Hall–Kier alpha value is -2.78. The maximum absolute atomic E-state index is 13.3. The Balaban J connectivity index is 1.97. The van der Waals surface area contributed by atoms with Gasteiger partial charge in [0, 0.05) is 6.54 Å². The van der Waals surface area contributed by atoms with Gasteiger partial charge in [0.15, 0.2) is 23.3 Å². The van der Waals surface area contributed by atoms with Crippen LogP contribution in [0.15, 0.2) is 50.8 Å². The Morgan fingerprint density at radius 3 is 2.56 bits per heavy atom. The molecule has 2 amide bonds. The van der Waals surface area contributed by atoms with Crippen molar-refractivity contribution in [3.05, 3.63) is 56.9 Å². The lowest BCUT2D eigenvalue weighted by Crippen LogP contribution is -2.32. The minimum atomic E-state index is -0.584. The van der Waals surface area contributed by atoms with E-state index in [2.05, 4.69) is 29.8 Å². The molecule has 0 bridgehead atoms. The van der Waals surface area contributed by atoms with E-state index in [1.165, 1.54) is 11.8 Å². The fourth-order valence-corrected chi connectivity index (χ4v) is 4.80. The molecule has 0 unspecified atom stereocenters. The summed E-state index contributed by atoms with van der Waals surface area (Å²) in [7, 11) is 0. The van der Waals surface area contributed by atoms with E-state index >= 15 is 0 Å². The maximum atomic E-state index is 13.3. The molecule has 2 aromatic rings. The van der Waals surface area contributed by atoms with E-state index in [1.54, 1.807) is 11.0 Å². The topological polar surface area (TPSA) is 94.2 Å². The first kappa shape index (κ1) is 25.8. The number of aliphatic imine (C=N–C) groups is 1. The van der Waals surface area contributed by atoms with Gasteiger partial charge in [-0.3, -0.25) is 14.5 Å². The second kappa shape index (κ2) is 11.6. The van der Waals surface area contributed by atoms with Crippen LogP contribution in [0.25, 0.3) is 6.08 Å². The second-order valence-corrected chi connectivity index (χ2v) is 10.0. The molecule has 0 aliphatic carbocycles. The number of nitrogens with zero attached hydrogens (tertiary/aromatic N) is 2. The van der Waals surface area contributed by atoms with Gasteiger partial charge in [0.05, 0.1) is 21.7 Å². The number of hydrogen-bond acceptors (Lipinski definition) is 6. The molecule has 7 nitrogen and oxygen atoms in total. The number of amides is 2. The van der Waals surface area contributed by atoms with Crippen molar-refractivity contribution >= 4 is 56.4 Å². The first-order chi connectivity index (χ1) is 16.2. The van der Waals surface area contributed by atoms with Gasteiger partial charge in [-0.1, -0.05) is 31.5 Å². The lowest BCUT2D eigenvalue weighted by atomic mass is 10.1. The highest BCUT2D eigenvalue weighted by Crippen LogP contribution is 2.40. The fraction of sp³-hybridized carbons (Fsp3) is 0.320. The highest BCUT2D eigenvalue weighted by Gasteiger charge is 2.33. The van der Waals surface area contributed by atoms with E-state index in [9.17, 15) is 9.59 Å². The number of primary amides is 1. The van der Waals surface area contributed by atoms with Crippen LogP contribution in [0.2, 0.25) is 0 Å². The van der Waals surface area contributed by atoms with Crippen molar-refractivity contribution in [2.24, 2.45) is 16.6 Å². The van der Waals surface area contributed by atoms with Crippen molar-refractivity contribution in [3.63, 3.8) is 0 Å². The van der Waals surface area contributed by atoms with Crippen LogP contribution in [0.4, 0.5) is 5.69 Å². The minimum Gasteiger partial charge on any atom is -0.490 e. The summed E-state index contributed by atoms with van der Waals surface area (Å²) in [5, 5.41) is 0.652. The first-order valence-corrected chi connectivity index (χ1v) is 12.5. The third-order valence-electron chi connectivity index (χ3n) is 4.68. The van der Waals surface area contributed by atoms with Gasteiger partial charge in [-0.15, -0.1) is 0 Å². The van der Waals surface area contributed by atoms with Crippen LogP contribution >= 0.6 is 27.7 Å². The number of benzene rings is 2. The van der Waals surface area contributed by atoms with E-state index in [-0.39, 0.29) is 18.4 Å². The van der Waals surface area contributed by atoms with Crippen LogP contribution in [0.1, 0.15) is 31.9 Å². The van der Waals surface area contributed by atoms with Gasteiger partial charge in [-0.05, 0) is 83.4 Å². The van der Waals surface area contributed by atoms with Crippen LogP contribution in [0, 0.1) is 12.8 Å². The van der Waals surface area contributed by atoms with Gasteiger partial charge >= 0.3 is 0 Å². The lowest BCUT2D eigenvalue weighted by molar-refractivity contribution is -0.122. The Morgan fingerprint density at radius 2 is 1.94 bits per heavy atom. The Kier molecular flexibility index (Phi) is 8.79. The zero-order valence-electron chi connectivity index (χ0n) is 19.6. The zero-order chi connectivity index (χ0) is 24.8. The van der Waals surface area contributed by atoms with Crippen LogP contribution in [-0.2, 0) is 9.59 Å². The lowest BCUT2D eigenvalue weighted by Gasteiger charge is -2.17. The summed E-state index contributed by atoms with van der Waals surface area (Å²) in [4.78, 5) is 31.5. The predicted molar refractivity (Wildman–Crippen MR) is 140 cm³/mol. The quantitative estimate of drug-likeness (QED) is 0.432. The third-order valence-corrected chi connectivity index (χ3v) is 6.28. The zero-order valence-corrected chi connectivity index (χ0v) is 22.0. The fourth-order valence-electron chi connectivity index (χ4n) is 3.22. The highest BCUT2D eigenvalue weighted by molar-refractivity contribution is 9.10. The van der Waals surface area contributed by atoms with E-state index < -0.39 is 5.91 Å². The number of nitrogens with two attached hydrogens (primary N) is 1. The molecule has 180 valence electrons. The number of halogens is 1. The molecular formula is C25H28BrN3O4S. The Labute approximate surface area is 212 Å². The average molecular weight is 546 g/mol. The molecule has 0 atom stereocenters. The predicted octanol–water partition coefficient (Wildman–Crippen LogP) is 5.28. The number of ether oxygens (including phenoxy) is 2. The Bertz CT molecular complexity index is 1130. The SMILES string of the molecule is CCOc1cc(/C=C2/SC(=Nc3ccc(C)cc3)N(CC(C)C)C2=O)cc(Br)c1OCC(N)=O. The van der Waals surface area contributed by atoms with E-state index in [1.807, 2.05) is 50.3 Å². The third kappa shape index (κ3) is 6.64. The van der Waals surface area contributed by atoms with Crippen molar-refractivity contribution in [2.75, 3.05) is 19.8 Å². The number of hydrogen-bond donors (Lipinski definition) is 1. The number of thioether (sulfide) groups is 1. The van der Waals surface area contributed by atoms with Gasteiger partial charge < -0.3 is 15.2 Å². The highest BCUT2D eigenvalue weighted by atomic mass is 79.9. The standard InChI is InChI=1S/C25H28BrN3O4S/c1-5-32-20-11-17(10-19(26)23(20)33-14-22(27)30)12-21-24(31)29(13-15(2)3)25(34-21)28-18-8-6-16(4)7-9-18/h6-12,15H,5,13-14H2,1-4H3,(H2,27,30)/b21-12+,28-25?. The average Bonchev–Trinajstić information content (AvgIpc) is 3.03. The van der Waals surface area contributed by atoms with Gasteiger partial charge in [0.2, 0.25) is 0 Å². The number of rotatable bonds is 9. The van der Waals surface area contributed by atoms with Crippen LogP contribution in [0.3, 0.4) is 0 Å². The smallest absolute Gasteiger partial charge is 0.266 e. The first-order valence-electron chi connectivity index (χ1n) is 10.9. The van der Waals surface area contributed by atoms with Gasteiger partial charge in [-0.2, -0.15) is 0 Å². The molecule has 2 aromatic carbocycles. The van der Waals surface area contributed by atoms with Crippen LogP contribution < -0.4 is 15.2 Å². The summed E-state index contributed by atoms with van der Waals surface area (Å²) in [6, 6.07) is 11.5. The van der Waals surface area contributed by atoms with Crippen molar-refractivity contribution in [1.29, 1.82) is 0 Å². The van der Waals surface area contributed by atoms with E-state index in [4.69, 9.17) is 20.2 Å². The summed E-state index contributed by atoms with van der Waals surface area (Å²) in [6.07, 6.45) is 1.81. The second-order valence-electron chi connectivity index (χ2n) is 8.17. The van der Waals surface area contributed by atoms with Crippen molar-refractivity contribution < 1.29 is 19.1 Å². The normalized spacial score (nSPS) is 16.1. The molecule has 0 aromatic heterocycles. The molecule has 0 spiro atoms. The summed E-state index contributed by atoms with van der Waals surface area (Å²) in [5.74, 6) is 0.448. The number of carbonyl (C=O) groups is 2. The molecule has 2 N–H and O–H groups in total. The molecule has 0 saturated carbocycles. The number of aryl methyl sites for hydroxylation is 1. The van der Waals surface area contributed by atoms with Crippen LogP contribution in [0.5, 0.6) is 11.5 Å². The van der Waals surface area contributed by atoms with Crippen molar-refractivity contribution in [3.8, 4) is 11.5 Å². The van der Waals surface area contributed by atoms with E-state index in [0.717, 1.165) is 16.8 Å². The minimum absolute atomic E-state index is 0.0901.